The van der Waals surface area contributed by atoms with Gasteiger partial charge in [0.2, 0.25) is 5.75 Å². The monoisotopic (exact) mass is 421 g/mol. The van der Waals surface area contributed by atoms with Gasteiger partial charge in [-0.05, 0) is 69.0 Å². The lowest BCUT2D eigenvalue weighted by Crippen LogP contribution is -2.36. The molecule has 2 atom stereocenters. The first-order valence-electron chi connectivity index (χ1n) is 9.45. The van der Waals surface area contributed by atoms with Crippen LogP contribution in [0.2, 0.25) is 0 Å². The largest absolute Gasteiger partial charge is 0.508 e. The fraction of sp³-hybridized carbons (Fsp3) is 0.455. The molecule has 0 aliphatic carbocycles. The van der Waals surface area contributed by atoms with Crippen molar-refractivity contribution in [2.24, 2.45) is 0 Å². The van der Waals surface area contributed by atoms with Gasteiger partial charge in [0.15, 0.2) is 11.5 Å². The van der Waals surface area contributed by atoms with Crippen LogP contribution in [0.15, 0.2) is 36.4 Å². The fourth-order valence-corrected chi connectivity index (χ4v) is 3.80. The van der Waals surface area contributed by atoms with Gasteiger partial charge in [-0.15, -0.1) is 0 Å². The lowest BCUT2D eigenvalue weighted by atomic mass is 9.99. The molecule has 2 rings (SSSR count). The van der Waals surface area contributed by atoms with Gasteiger partial charge in [0.25, 0.3) is 0 Å². The van der Waals surface area contributed by atoms with Crippen molar-refractivity contribution in [2.45, 2.75) is 44.4 Å². The number of hydrogen-bond acceptors (Lipinski definition) is 5. The van der Waals surface area contributed by atoms with E-state index >= 15 is 0 Å². The highest BCUT2D eigenvalue weighted by molar-refractivity contribution is 7.84. The van der Waals surface area contributed by atoms with Crippen LogP contribution in [0.4, 0.5) is 0 Å². The van der Waals surface area contributed by atoms with E-state index in [1.54, 1.807) is 39.5 Å². The molecule has 0 fully saturated rings. The summed E-state index contributed by atoms with van der Waals surface area (Å²) in [7, 11) is 3.50. The molecule has 0 aromatic heterocycles. The minimum atomic E-state index is -1.25. The maximum Gasteiger partial charge on any atom is 0.203 e. The Morgan fingerprint density at radius 3 is 2.14 bits per heavy atom. The van der Waals surface area contributed by atoms with Crippen molar-refractivity contribution < 1.29 is 23.5 Å². The van der Waals surface area contributed by atoms with Crippen molar-refractivity contribution in [3.05, 3.63) is 47.5 Å². The molecule has 2 aromatic rings. The summed E-state index contributed by atoms with van der Waals surface area (Å²) in [5.74, 6) is 1.93. The van der Waals surface area contributed by atoms with Gasteiger partial charge >= 0.3 is 0 Å². The summed E-state index contributed by atoms with van der Waals surface area (Å²) in [4.78, 5) is 0. The molecule has 0 amide bonds. The smallest absolute Gasteiger partial charge is 0.203 e. The Hall–Kier alpha value is -2.25. The molecule has 2 N–H and O–H groups in total. The molecule has 2 aromatic carbocycles. The molecule has 160 valence electrons. The van der Waals surface area contributed by atoms with E-state index in [1.165, 1.54) is 0 Å². The zero-order chi connectivity index (χ0) is 21.6. The number of methoxy groups -OCH3 is 3. The topological polar surface area (TPSA) is 77.0 Å². The molecule has 0 heterocycles. The van der Waals surface area contributed by atoms with Gasteiger partial charge in [0, 0.05) is 6.04 Å². The number of aromatic hydroxyl groups is 1. The van der Waals surface area contributed by atoms with Crippen molar-refractivity contribution in [3.63, 3.8) is 0 Å². The van der Waals surface area contributed by atoms with Crippen LogP contribution in [0.3, 0.4) is 0 Å². The highest BCUT2D eigenvalue weighted by atomic mass is 32.2. The third-order valence-electron chi connectivity index (χ3n) is 4.52. The average molecular weight is 422 g/mol. The molecular formula is C22H31NO5S. The molecule has 0 bridgehead atoms. The van der Waals surface area contributed by atoms with Crippen molar-refractivity contribution in [1.29, 1.82) is 0 Å². The number of benzene rings is 2. The Labute approximate surface area is 175 Å². The maximum absolute atomic E-state index is 12.7. The molecule has 0 spiro atoms. The van der Waals surface area contributed by atoms with E-state index in [1.807, 2.05) is 39.0 Å². The van der Waals surface area contributed by atoms with E-state index < -0.39 is 15.7 Å². The van der Waals surface area contributed by atoms with Crippen LogP contribution in [-0.4, -0.2) is 35.4 Å². The Balaban J connectivity index is 2.29. The van der Waals surface area contributed by atoms with Crippen molar-refractivity contribution in [2.75, 3.05) is 21.3 Å². The van der Waals surface area contributed by atoms with Crippen molar-refractivity contribution in [3.8, 4) is 23.0 Å². The molecule has 0 aliphatic rings. The first kappa shape index (κ1) is 23.0. The van der Waals surface area contributed by atoms with Crippen LogP contribution in [0.5, 0.6) is 23.0 Å². The number of ether oxygens (including phenoxy) is 3. The van der Waals surface area contributed by atoms with Crippen molar-refractivity contribution in [1.82, 2.24) is 4.72 Å². The fourth-order valence-electron chi connectivity index (χ4n) is 2.93. The zero-order valence-corrected chi connectivity index (χ0v) is 18.8. The number of hydrogen-bond donors (Lipinski definition) is 2. The predicted molar refractivity (Wildman–Crippen MR) is 116 cm³/mol. The predicted octanol–water partition coefficient (Wildman–Crippen LogP) is 4.14. The van der Waals surface area contributed by atoms with Crippen LogP contribution < -0.4 is 18.9 Å². The van der Waals surface area contributed by atoms with Crippen molar-refractivity contribution >= 4 is 11.0 Å². The maximum atomic E-state index is 12.7. The van der Waals surface area contributed by atoms with Crippen LogP contribution in [0.1, 0.15) is 44.4 Å². The van der Waals surface area contributed by atoms with Gasteiger partial charge in [-0.1, -0.05) is 12.1 Å². The van der Waals surface area contributed by atoms with Gasteiger partial charge < -0.3 is 19.3 Å². The SMILES string of the molecule is COc1cc(CC[C@@H](N[S@](=O)C(C)(C)C)c2cccc(O)c2)cc(OC)c1OC. The molecule has 0 unspecified atom stereocenters. The lowest BCUT2D eigenvalue weighted by molar-refractivity contribution is 0.323. The summed E-state index contributed by atoms with van der Waals surface area (Å²) in [6.07, 6.45) is 1.36. The minimum absolute atomic E-state index is 0.184. The van der Waals surface area contributed by atoms with E-state index in [-0.39, 0.29) is 11.8 Å². The Kier molecular flexibility index (Phi) is 7.93. The number of phenols is 1. The second-order valence-electron chi connectivity index (χ2n) is 7.72. The summed E-state index contributed by atoms with van der Waals surface area (Å²) in [5.41, 5.74) is 1.89. The van der Waals surface area contributed by atoms with Gasteiger partial charge in [-0.25, -0.2) is 8.93 Å². The van der Waals surface area contributed by atoms with E-state index in [2.05, 4.69) is 4.72 Å². The highest BCUT2D eigenvalue weighted by Gasteiger charge is 2.24. The number of rotatable bonds is 9. The third-order valence-corrected chi connectivity index (χ3v) is 6.14. The van der Waals surface area contributed by atoms with Gasteiger partial charge in [0.05, 0.1) is 37.1 Å². The summed E-state index contributed by atoms with van der Waals surface area (Å²) >= 11 is 0. The Morgan fingerprint density at radius 2 is 1.66 bits per heavy atom. The molecule has 6 nitrogen and oxygen atoms in total. The summed E-state index contributed by atoms with van der Waals surface area (Å²) in [6, 6.07) is 10.7. The van der Waals surface area contributed by atoms with E-state index in [0.29, 0.717) is 30.1 Å². The summed E-state index contributed by atoms with van der Waals surface area (Å²) in [5, 5.41) is 9.88. The van der Waals surface area contributed by atoms with E-state index in [9.17, 15) is 9.32 Å². The van der Waals surface area contributed by atoms with Crippen LogP contribution in [-0.2, 0) is 17.4 Å². The van der Waals surface area contributed by atoms with Crippen LogP contribution in [0, 0.1) is 0 Å². The first-order valence-corrected chi connectivity index (χ1v) is 10.6. The van der Waals surface area contributed by atoms with Gasteiger partial charge in [-0.2, -0.15) is 0 Å². The molecule has 0 saturated heterocycles. The number of nitrogens with one attached hydrogen (secondary N) is 1. The molecule has 0 aliphatic heterocycles. The molecule has 29 heavy (non-hydrogen) atoms. The first-order chi connectivity index (χ1) is 13.7. The molecule has 7 heteroatoms. The summed E-state index contributed by atoms with van der Waals surface area (Å²) in [6.45, 7) is 5.78. The lowest BCUT2D eigenvalue weighted by Gasteiger charge is -2.25. The Bertz CT molecular complexity index is 822. The van der Waals surface area contributed by atoms with Crippen LogP contribution >= 0.6 is 0 Å². The van der Waals surface area contributed by atoms with Gasteiger partial charge in [0.1, 0.15) is 5.75 Å². The standard InChI is InChI=1S/C22H31NO5S/c1-22(2,3)29(25)23-18(16-8-7-9-17(24)14-16)11-10-15-12-19(26-4)21(28-6)20(13-15)27-5/h7-9,12-14,18,23-24H,10-11H2,1-6H3/t18-,29-/m1/s1. The number of aryl methyl sites for hydroxylation is 1. The van der Waals surface area contributed by atoms with Gasteiger partial charge in [-0.3, -0.25) is 0 Å². The molecule has 0 saturated carbocycles. The second kappa shape index (κ2) is 9.98. The number of phenolic OH excluding ortho intramolecular Hbond substituents is 1. The van der Waals surface area contributed by atoms with E-state index in [0.717, 1.165) is 11.1 Å². The highest BCUT2D eigenvalue weighted by Crippen LogP contribution is 2.39. The molecule has 0 radical (unpaired) electrons. The second-order valence-corrected chi connectivity index (χ2v) is 9.72. The zero-order valence-electron chi connectivity index (χ0n) is 17.9. The Morgan fingerprint density at radius 1 is 1.03 bits per heavy atom. The third kappa shape index (κ3) is 6.11. The van der Waals surface area contributed by atoms with Crippen LogP contribution in [0.25, 0.3) is 0 Å². The minimum Gasteiger partial charge on any atom is -0.508 e. The van der Waals surface area contributed by atoms with E-state index in [4.69, 9.17) is 14.2 Å². The summed E-state index contributed by atoms with van der Waals surface area (Å²) < 4.78 is 31.8. The quantitative estimate of drug-likeness (QED) is 0.636. The normalized spacial score (nSPS) is 13.6. The average Bonchev–Trinajstić information content (AvgIpc) is 2.69. The molecular weight excluding hydrogens is 390 g/mol.